The summed E-state index contributed by atoms with van der Waals surface area (Å²) in [5.41, 5.74) is 2.58. The number of benzene rings is 2. The monoisotopic (exact) mass is 463 g/mol. The van der Waals surface area contributed by atoms with E-state index in [1.54, 1.807) is 0 Å². The van der Waals surface area contributed by atoms with E-state index in [2.05, 4.69) is 61.4 Å². The number of ether oxygens (including phenoxy) is 1. The van der Waals surface area contributed by atoms with Crippen LogP contribution in [-0.4, -0.2) is 50.3 Å². The molecule has 2 heterocycles. The van der Waals surface area contributed by atoms with Gasteiger partial charge in [-0.25, -0.2) is 0 Å². The minimum Gasteiger partial charge on any atom is -0.489 e. The molecule has 0 aliphatic carbocycles. The van der Waals surface area contributed by atoms with E-state index in [0.29, 0.717) is 6.10 Å². The fraction of sp³-hybridized carbons (Fsp3) is 0.455. The molecule has 0 atom stereocenters. The van der Waals surface area contributed by atoms with Gasteiger partial charge in [0.05, 0.1) is 4.47 Å². The summed E-state index contributed by atoms with van der Waals surface area (Å²) >= 11 is 9.71. The van der Waals surface area contributed by atoms with E-state index in [4.69, 9.17) is 16.3 Å². The van der Waals surface area contributed by atoms with Crippen LogP contribution < -0.4 is 15.0 Å². The number of piperazine rings is 1. The number of hydrogen-bond donors (Lipinski definition) is 1. The first-order valence-corrected chi connectivity index (χ1v) is 11.2. The Balaban J connectivity index is 1.30. The number of rotatable bonds is 5. The Kier molecular flexibility index (Phi) is 6.78. The summed E-state index contributed by atoms with van der Waals surface area (Å²) in [4.78, 5) is 4.94. The Morgan fingerprint density at radius 3 is 2.39 bits per heavy atom. The number of halogens is 2. The topological polar surface area (TPSA) is 27.7 Å². The van der Waals surface area contributed by atoms with Crippen molar-refractivity contribution in [3.05, 3.63) is 57.5 Å². The Morgan fingerprint density at radius 2 is 1.71 bits per heavy atom. The molecule has 2 aromatic rings. The van der Waals surface area contributed by atoms with Crippen LogP contribution in [0, 0.1) is 0 Å². The molecule has 28 heavy (non-hydrogen) atoms. The number of hydrogen-bond acceptors (Lipinski definition) is 4. The minimum absolute atomic E-state index is 0.323. The van der Waals surface area contributed by atoms with Crippen LogP contribution in [0.2, 0.25) is 5.02 Å². The second-order valence-corrected chi connectivity index (χ2v) is 8.86. The van der Waals surface area contributed by atoms with Gasteiger partial charge in [0.2, 0.25) is 0 Å². The average molecular weight is 465 g/mol. The fourth-order valence-corrected chi connectivity index (χ4v) is 4.55. The quantitative estimate of drug-likeness (QED) is 0.702. The summed E-state index contributed by atoms with van der Waals surface area (Å²) in [7, 11) is 0. The molecule has 150 valence electrons. The van der Waals surface area contributed by atoms with Crippen molar-refractivity contribution in [1.29, 1.82) is 0 Å². The zero-order chi connectivity index (χ0) is 19.3. The van der Waals surface area contributed by atoms with Crippen molar-refractivity contribution in [3.63, 3.8) is 0 Å². The standard InChI is InChI=1S/C22H27BrClN3O/c23-21-15-17(1-6-22(21)28-20-7-9-25-10-8-20)16-26-11-13-27(14-12-26)19-4-2-18(24)3-5-19/h1-6,15,20,25H,7-14,16H2. The molecule has 0 bridgehead atoms. The van der Waals surface area contributed by atoms with Crippen molar-refractivity contribution in [2.45, 2.75) is 25.5 Å². The normalized spacial score (nSPS) is 19.0. The molecule has 4 nitrogen and oxygen atoms in total. The molecular weight excluding hydrogens is 438 g/mol. The molecule has 0 amide bonds. The second-order valence-electron chi connectivity index (χ2n) is 7.57. The highest BCUT2D eigenvalue weighted by molar-refractivity contribution is 9.10. The SMILES string of the molecule is Clc1ccc(N2CCN(Cc3ccc(OC4CCNCC4)c(Br)c3)CC2)cc1. The van der Waals surface area contributed by atoms with Crippen molar-refractivity contribution in [3.8, 4) is 5.75 Å². The number of nitrogens with one attached hydrogen (secondary N) is 1. The van der Waals surface area contributed by atoms with Gasteiger partial charge in [-0.15, -0.1) is 0 Å². The Morgan fingerprint density at radius 1 is 1.00 bits per heavy atom. The number of piperidine rings is 1. The summed E-state index contributed by atoms with van der Waals surface area (Å²) < 4.78 is 7.24. The maximum Gasteiger partial charge on any atom is 0.133 e. The molecule has 0 spiro atoms. The summed E-state index contributed by atoms with van der Waals surface area (Å²) in [5.74, 6) is 0.961. The average Bonchev–Trinajstić information content (AvgIpc) is 2.72. The van der Waals surface area contributed by atoms with Gasteiger partial charge in [-0.3, -0.25) is 4.90 Å². The lowest BCUT2D eigenvalue weighted by molar-refractivity contribution is 0.161. The van der Waals surface area contributed by atoms with E-state index in [1.165, 1.54) is 11.3 Å². The van der Waals surface area contributed by atoms with Gasteiger partial charge in [-0.2, -0.15) is 0 Å². The van der Waals surface area contributed by atoms with Crippen molar-refractivity contribution >= 4 is 33.2 Å². The van der Waals surface area contributed by atoms with Gasteiger partial charge in [0.15, 0.2) is 0 Å². The third-order valence-electron chi connectivity index (χ3n) is 5.55. The first kappa shape index (κ1) is 20.0. The summed E-state index contributed by atoms with van der Waals surface area (Å²) in [6, 6.07) is 14.7. The summed E-state index contributed by atoms with van der Waals surface area (Å²) in [6.45, 7) is 7.27. The molecule has 0 radical (unpaired) electrons. The molecule has 4 rings (SSSR count). The van der Waals surface area contributed by atoms with Gasteiger partial charge in [0, 0.05) is 43.4 Å². The van der Waals surface area contributed by atoms with E-state index in [1.807, 2.05) is 12.1 Å². The van der Waals surface area contributed by atoms with E-state index in [9.17, 15) is 0 Å². The maximum absolute atomic E-state index is 6.19. The highest BCUT2D eigenvalue weighted by atomic mass is 79.9. The van der Waals surface area contributed by atoms with Gasteiger partial charge in [0.25, 0.3) is 0 Å². The van der Waals surface area contributed by atoms with Gasteiger partial charge in [0.1, 0.15) is 11.9 Å². The minimum atomic E-state index is 0.323. The van der Waals surface area contributed by atoms with Crippen LogP contribution in [0.4, 0.5) is 5.69 Å². The van der Waals surface area contributed by atoms with Crippen molar-refractivity contribution in [2.24, 2.45) is 0 Å². The van der Waals surface area contributed by atoms with Crippen molar-refractivity contribution < 1.29 is 4.74 Å². The highest BCUT2D eigenvalue weighted by Crippen LogP contribution is 2.29. The predicted octanol–water partition coefficient (Wildman–Crippen LogP) is 4.56. The van der Waals surface area contributed by atoms with E-state index in [-0.39, 0.29) is 0 Å². The van der Waals surface area contributed by atoms with E-state index < -0.39 is 0 Å². The van der Waals surface area contributed by atoms with Crippen molar-refractivity contribution in [1.82, 2.24) is 10.2 Å². The van der Waals surface area contributed by atoms with E-state index in [0.717, 1.165) is 73.9 Å². The van der Waals surface area contributed by atoms with Crippen LogP contribution in [0.3, 0.4) is 0 Å². The zero-order valence-electron chi connectivity index (χ0n) is 16.0. The second kappa shape index (κ2) is 9.49. The molecule has 0 saturated carbocycles. The Bertz CT molecular complexity index is 772. The lowest BCUT2D eigenvalue weighted by Gasteiger charge is -2.36. The Hall–Kier alpha value is -1.27. The lowest BCUT2D eigenvalue weighted by Crippen LogP contribution is -2.45. The fourth-order valence-electron chi connectivity index (χ4n) is 3.91. The zero-order valence-corrected chi connectivity index (χ0v) is 18.4. The highest BCUT2D eigenvalue weighted by Gasteiger charge is 2.19. The van der Waals surface area contributed by atoms with Gasteiger partial charge in [-0.05, 0) is 83.8 Å². The first-order chi connectivity index (χ1) is 13.7. The molecule has 2 aliphatic rings. The third-order valence-corrected chi connectivity index (χ3v) is 6.42. The van der Waals surface area contributed by atoms with Gasteiger partial charge in [-0.1, -0.05) is 17.7 Å². The molecule has 0 unspecified atom stereocenters. The number of nitrogens with zero attached hydrogens (tertiary/aromatic N) is 2. The smallest absolute Gasteiger partial charge is 0.133 e. The van der Waals surface area contributed by atoms with Crippen LogP contribution in [-0.2, 0) is 6.54 Å². The largest absolute Gasteiger partial charge is 0.489 e. The lowest BCUT2D eigenvalue weighted by atomic mass is 10.1. The molecule has 0 aromatic heterocycles. The van der Waals surface area contributed by atoms with Gasteiger partial charge < -0.3 is 15.0 Å². The number of anilines is 1. The van der Waals surface area contributed by atoms with Crippen LogP contribution in [0.25, 0.3) is 0 Å². The van der Waals surface area contributed by atoms with Crippen molar-refractivity contribution in [2.75, 3.05) is 44.2 Å². The van der Waals surface area contributed by atoms with E-state index >= 15 is 0 Å². The molecule has 2 saturated heterocycles. The third kappa shape index (κ3) is 5.20. The Labute approximate surface area is 180 Å². The summed E-state index contributed by atoms with van der Waals surface area (Å²) in [6.07, 6.45) is 2.47. The molecule has 1 N–H and O–H groups in total. The summed E-state index contributed by atoms with van der Waals surface area (Å²) in [5, 5.41) is 4.17. The molecule has 6 heteroatoms. The van der Waals surface area contributed by atoms with Crippen LogP contribution >= 0.6 is 27.5 Å². The first-order valence-electron chi connectivity index (χ1n) is 10.1. The van der Waals surface area contributed by atoms with Crippen LogP contribution in [0.5, 0.6) is 5.75 Å². The molecular formula is C22H27BrClN3O. The van der Waals surface area contributed by atoms with Crippen LogP contribution in [0.1, 0.15) is 18.4 Å². The molecule has 2 aromatic carbocycles. The van der Waals surface area contributed by atoms with Gasteiger partial charge >= 0.3 is 0 Å². The maximum atomic E-state index is 6.19. The molecule has 2 fully saturated rings. The predicted molar refractivity (Wildman–Crippen MR) is 120 cm³/mol. The molecule has 2 aliphatic heterocycles. The van der Waals surface area contributed by atoms with Crippen LogP contribution in [0.15, 0.2) is 46.9 Å².